The van der Waals surface area contributed by atoms with Gasteiger partial charge in [-0.15, -0.1) is 5.10 Å². The van der Waals surface area contributed by atoms with Crippen molar-refractivity contribution in [2.24, 2.45) is 0 Å². The Labute approximate surface area is 167 Å². The number of esters is 1. The maximum atomic E-state index is 13.1. The van der Waals surface area contributed by atoms with Crippen molar-refractivity contribution in [2.45, 2.75) is 6.92 Å². The molecule has 29 heavy (non-hydrogen) atoms. The number of rotatable bonds is 4. The molecule has 0 saturated carbocycles. The SMILES string of the molecule is COc1cc(/C=c2/sc3nc(-c4ccc(F)cc4)nn3c2=O)ccc1OC(C)=O. The van der Waals surface area contributed by atoms with E-state index in [1.165, 1.54) is 42.0 Å². The summed E-state index contributed by atoms with van der Waals surface area (Å²) in [6.45, 7) is 1.30. The fraction of sp³-hybridized carbons (Fsp3) is 0.100. The van der Waals surface area contributed by atoms with Crippen LogP contribution in [0.5, 0.6) is 11.5 Å². The average Bonchev–Trinajstić information content (AvgIpc) is 3.23. The number of thiazole rings is 1. The number of fused-ring (bicyclic) bond motifs is 1. The monoisotopic (exact) mass is 411 g/mol. The van der Waals surface area contributed by atoms with E-state index in [0.29, 0.717) is 37.9 Å². The van der Waals surface area contributed by atoms with E-state index in [9.17, 15) is 14.0 Å². The van der Waals surface area contributed by atoms with Gasteiger partial charge in [-0.3, -0.25) is 9.59 Å². The maximum Gasteiger partial charge on any atom is 0.308 e. The number of hydrogen-bond acceptors (Lipinski definition) is 7. The quantitative estimate of drug-likeness (QED) is 0.379. The number of halogens is 1. The van der Waals surface area contributed by atoms with Gasteiger partial charge in [-0.2, -0.15) is 9.50 Å². The molecule has 0 amide bonds. The van der Waals surface area contributed by atoms with Gasteiger partial charge in [0, 0.05) is 12.5 Å². The fourth-order valence-corrected chi connectivity index (χ4v) is 3.63. The van der Waals surface area contributed by atoms with Gasteiger partial charge in [-0.05, 0) is 48.0 Å². The summed E-state index contributed by atoms with van der Waals surface area (Å²) in [6, 6.07) is 10.7. The zero-order valence-corrected chi connectivity index (χ0v) is 16.2. The van der Waals surface area contributed by atoms with Crippen molar-refractivity contribution in [1.82, 2.24) is 14.6 Å². The van der Waals surface area contributed by atoms with Crippen LogP contribution in [-0.2, 0) is 4.79 Å². The lowest BCUT2D eigenvalue weighted by Crippen LogP contribution is -2.23. The van der Waals surface area contributed by atoms with Crippen LogP contribution in [0.3, 0.4) is 0 Å². The van der Waals surface area contributed by atoms with Gasteiger partial charge in [0.25, 0.3) is 5.56 Å². The smallest absolute Gasteiger partial charge is 0.308 e. The summed E-state index contributed by atoms with van der Waals surface area (Å²) in [4.78, 5) is 28.6. The van der Waals surface area contributed by atoms with Crippen LogP contribution in [0.4, 0.5) is 4.39 Å². The Morgan fingerprint density at radius 3 is 2.59 bits per heavy atom. The molecule has 0 aliphatic carbocycles. The Morgan fingerprint density at radius 2 is 1.93 bits per heavy atom. The van der Waals surface area contributed by atoms with Crippen molar-refractivity contribution >= 4 is 28.3 Å². The Hall–Kier alpha value is -3.59. The van der Waals surface area contributed by atoms with Gasteiger partial charge >= 0.3 is 5.97 Å². The molecule has 9 heteroatoms. The van der Waals surface area contributed by atoms with Crippen molar-refractivity contribution in [2.75, 3.05) is 7.11 Å². The van der Waals surface area contributed by atoms with Crippen molar-refractivity contribution in [3.63, 3.8) is 0 Å². The van der Waals surface area contributed by atoms with Gasteiger partial charge in [-0.25, -0.2) is 4.39 Å². The first-order valence-corrected chi connectivity index (χ1v) is 9.30. The van der Waals surface area contributed by atoms with Crippen LogP contribution in [0.1, 0.15) is 12.5 Å². The van der Waals surface area contributed by atoms with E-state index in [4.69, 9.17) is 9.47 Å². The molecular weight excluding hydrogens is 397 g/mol. The number of methoxy groups -OCH3 is 1. The largest absolute Gasteiger partial charge is 0.493 e. The number of carbonyl (C=O) groups excluding carboxylic acids is 1. The molecule has 0 atom stereocenters. The Balaban J connectivity index is 1.73. The molecule has 0 bridgehead atoms. The second-order valence-corrected chi connectivity index (χ2v) is 7.07. The van der Waals surface area contributed by atoms with Crippen molar-refractivity contribution in [1.29, 1.82) is 0 Å². The van der Waals surface area contributed by atoms with Crippen molar-refractivity contribution in [3.8, 4) is 22.9 Å². The minimum absolute atomic E-state index is 0.297. The van der Waals surface area contributed by atoms with Gasteiger partial charge in [0.15, 0.2) is 17.3 Å². The lowest BCUT2D eigenvalue weighted by atomic mass is 10.2. The van der Waals surface area contributed by atoms with E-state index >= 15 is 0 Å². The summed E-state index contributed by atoms with van der Waals surface area (Å²) >= 11 is 1.19. The zero-order valence-electron chi connectivity index (χ0n) is 15.4. The highest BCUT2D eigenvalue weighted by molar-refractivity contribution is 7.15. The maximum absolute atomic E-state index is 13.1. The Bertz CT molecular complexity index is 1330. The molecule has 7 nitrogen and oxygen atoms in total. The molecule has 4 rings (SSSR count). The summed E-state index contributed by atoms with van der Waals surface area (Å²) in [7, 11) is 1.46. The van der Waals surface area contributed by atoms with Crippen molar-refractivity contribution < 1.29 is 18.7 Å². The normalized spacial score (nSPS) is 11.8. The highest BCUT2D eigenvalue weighted by Crippen LogP contribution is 2.28. The van der Waals surface area contributed by atoms with Crippen LogP contribution in [0.25, 0.3) is 22.4 Å². The fourth-order valence-electron chi connectivity index (χ4n) is 2.72. The van der Waals surface area contributed by atoms with E-state index in [2.05, 4.69) is 10.1 Å². The molecule has 0 saturated heterocycles. The van der Waals surface area contributed by atoms with Gasteiger partial charge in [0.05, 0.1) is 11.6 Å². The molecule has 0 unspecified atom stereocenters. The standard InChI is InChI=1S/C20H14FN3O4S/c1-11(25)28-15-8-3-12(9-16(15)27-2)10-17-19(26)24-20(29-17)22-18(23-24)13-4-6-14(21)7-5-13/h3-10H,1-2H3/b17-10+. The lowest BCUT2D eigenvalue weighted by Gasteiger charge is -2.08. The first-order valence-electron chi connectivity index (χ1n) is 8.48. The number of benzene rings is 2. The second kappa shape index (κ2) is 7.44. The van der Waals surface area contributed by atoms with Crippen molar-refractivity contribution in [3.05, 3.63) is 68.7 Å². The molecule has 146 valence electrons. The summed E-state index contributed by atoms with van der Waals surface area (Å²) < 4.78 is 25.1. The molecule has 2 aromatic heterocycles. The summed E-state index contributed by atoms with van der Waals surface area (Å²) in [5, 5.41) is 4.23. The molecule has 0 fully saturated rings. The molecule has 0 radical (unpaired) electrons. The molecule has 0 aliphatic rings. The lowest BCUT2D eigenvalue weighted by molar-refractivity contribution is -0.132. The minimum Gasteiger partial charge on any atom is -0.493 e. The molecule has 4 aromatic rings. The van der Waals surface area contributed by atoms with Gasteiger partial charge in [-0.1, -0.05) is 17.4 Å². The molecule has 0 N–H and O–H groups in total. The third-order valence-electron chi connectivity index (χ3n) is 4.02. The molecule has 2 heterocycles. The second-order valence-electron chi connectivity index (χ2n) is 6.06. The summed E-state index contributed by atoms with van der Waals surface area (Å²) in [5.41, 5.74) is 1.00. The van der Waals surface area contributed by atoms with Crippen LogP contribution in [0.15, 0.2) is 47.3 Å². The summed E-state index contributed by atoms with van der Waals surface area (Å²) in [6.07, 6.45) is 1.68. The molecule has 0 spiro atoms. The predicted octanol–water partition coefficient (Wildman–Crippen LogP) is 2.44. The van der Waals surface area contributed by atoms with E-state index in [1.54, 1.807) is 36.4 Å². The Morgan fingerprint density at radius 1 is 1.17 bits per heavy atom. The third-order valence-corrected chi connectivity index (χ3v) is 4.98. The minimum atomic E-state index is -0.454. The number of hydrogen-bond donors (Lipinski definition) is 0. The third kappa shape index (κ3) is 3.72. The van der Waals surface area contributed by atoms with Crippen LogP contribution < -0.4 is 19.6 Å². The van der Waals surface area contributed by atoms with Crippen LogP contribution >= 0.6 is 11.3 Å². The van der Waals surface area contributed by atoms with Gasteiger partial charge in [0.2, 0.25) is 4.96 Å². The van der Waals surface area contributed by atoms with Crippen LogP contribution in [-0.4, -0.2) is 27.7 Å². The number of aromatic nitrogens is 3. The van der Waals surface area contributed by atoms with Gasteiger partial charge in [0.1, 0.15) is 5.82 Å². The topological polar surface area (TPSA) is 82.8 Å². The highest BCUT2D eigenvalue weighted by Gasteiger charge is 2.13. The number of ether oxygens (including phenoxy) is 2. The molecule has 2 aromatic carbocycles. The molecule has 0 aliphatic heterocycles. The van der Waals surface area contributed by atoms with E-state index in [0.717, 1.165) is 0 Å². The highest BCUT2D eigenvalue weighted by atomic mass is 32.1. The first-order chi connectivity index (χ1) is 13.9. The van der Waals surface area contributed by atoms with Gasteiger partial charge < -0.3 is 9.47 Å². The van der Waals surface area contributed by atoms with E-state index < -0.39 is 5.97 Å². The zero-order chi connectivity index (χ0) is 20.5. The Kier molecular flexibility index (Phi) is 4.81. The number of nitrogens with zero attached hydrogens (tertiary/aromatic N) is 3. The van der Waals surface area contributed by atoms with Crippen LogP contribution in [0.2, 0.25) is 0 Å². The van der Waals surface area contributed by atoms with Crippen LogP contribution in [0, 0.1) is 5.82 Å². The van der Waals surface area contributed by atoms with E-state index in [-0.39, 0.29) is 11.4 Å². The predicted molar refractivity (Wildman–Crippen MR) is 106 cm³/mol. The average molecular weight is 411 g/mol. The molecular formula is C20H14FN3O4S. The number of carbonyl (C=O) groups is 1. The van der Waals surface area contributed by atoms with E-state index in [1.807, 2.05) is 0 Å². The summed E-state index contributed by atoms with van der Waals surface area (Å²) in [5.74, 6) is 0.216. The first kappa shape index (κ1) is 18.8.